The van der Waals surface area contributed by atoms with Crippen molar-refractivity contribution in [1.82, 2.24) is 14.9 Å². The maximum absolute atomic E-state index is 16.1. The zero-order valence-electron chi connectivity index (χ0n) is 39.0. The number of hydrogen-bond acceptors (Lipinski definition) is 14. The van der Waals surface area contributed by atoms with Gasteiger partial charge in [-0.2, -0.15) is 4.98 Å². The van der Waals surface area contributed by atoms with Gasteiger partial charge in [0.15, 0.2) is 11.4 Å². The van der Waals surface area contributed by atoms with Gasteiger partial charge in [-0.3, -0.25) is 19.8 Å². The summed E-state index contributed by atoms with van der Waals surface area (Å²) >= 11 is 0. The molecule has 4 N–H and O–H groups in total. The van der Waals surface area contributed by atoms with Gasteiger partial charge in [0, 0.05) is 67.7 Å². The van der Waals surface area contributed by atoms with Gasteiger partial charge >= 0.3 is 0 Å². The third kappa shape index (κ3) is 7.51. The first kappa shape index (κ1) is 44.8. The summed E-state index contributed by atoms with van der Waals surface area (Å²) in [4.78, 5) is 40.2. The molecule has 5 fully saturated rings. The topological polar surface area (TPSA) is 208 Å². The molecule has 364 valence electrons. The van der Waals surface area contributed by atoms with Gasteiger partial charge in [0.1, 0.15) is 28.9 Å². The number of nitro benzene ring substituents is 1. The third-order valence-corrected chi connectivity index (χ3v) is 18.0. The number of rotatable bonds is 9. The minimum Gasteiger partial charge on any atom is -0.489 e. The highest BCUT2D eigenvalue weighted by molar-refractivity contribution is 7.91. The van der Waals surface area contributed by atoms with E-state index in [-0.39, 0.29) is 75.6 Å². The predicted octanol–water partition coefficient (Wildman–Crippen LogP) is 7.26. The summed E-state index contributed by atoms with van der Waals surface area (Å²) < 4.78 is 56.4. The summed E-state index contributed by atoms with van der Waals surface area (Å²) in [5.74, 6) is 6.03. The van der Waals surface area contributed by atoms with Crippen molar-refractivity contribution in [3.05, 3.63) is 93.7 Å². The molecule has 17 nitrogen and oxygen atoms in total. The number of carbonyl (C=O) groups excluding carboxylic acids is 1. The molecule has 70 heavy (non-hydrogen) atoms. The molecule has 18 heteroatoms. The highest BCUT2D eigenvalue weighted by atomic mass is 32.2. The first-order valence-electron chi connectivity index (χ1n) is 24.6. The number of anilines is 4. The van der Waals surface area contributed by atoms with Gasteiger partial charge in [0.05, 0.1) is 52.1 Å². The number of amides is 1. The number of benzene rings is 3. The lowest BCUT2D eigenvalue weighted by Crippen LogP contribution is -2.55. The average molecular weight is 969 g/mol. The van der Waals surface area contributed by atoms with Crippen molar-refractivity contribution >= 4 is 55.2 Å². The summed E-state index contributed by atoms with van der Waals surface area (Å²) in [6.45, 7) is 5.73. The molecule has 2 aromatic heterocycles. The van der Waals surface area contributed by atoms with Gasteiger partial charge in [-0.25, -0.2) is 8.42 Å². The van der Waals surface area contributed by atoms with Crippen LogP contribution >= 0.6 is 0 Å². The number of sulfone groups is 1. The van der Waals surface area contributed by atoms with Crippen molar-refractivity contribution in [3.8, 4) is 23.5 Å². The van der Waals surface area contributed by atoms with Crippen LogP contribution in [-0.2, 0) is 19.3 Å². The molecule has 4 atom stereocenters. The lowest BCUT2D eigenvalue weighted by Gasteiger charge is -2.56. The number of primary amides is 1. The Hall–Kier alpha value is -6.39. The number of aromatic amines is 1. The maximum atomic E-state index is 16.1. The van der Waals surface area contributed by atoms with E-state index < -0.39 is 38.5 Å². The fourth-order valence-electron chi connectivity index (χ4n) is 12.6. The molecule has 8 heterocycles. The number of likely N-dealkylation sites (tertiary alicyclic amines) is 1. The van der Waals surface area contributed by atoms with Crippen LogP contribution in [0.1, 0.15) is 85.8 Å². The summed E-state index contributed by atoms with van der Waals surface area (Å²) in [5, 5.41) is 17.1. The Kier molecular flexibility index (Phi) is 11.2. The summed E-state index contributed by atoms with van der Waals surface area (Å²) in [5.41, 5.74) is 9.82. The first-order valence-corrected chi connectivity index (χ1v) is 26.0. The molecular formula is C52H56N8O9S. The fourth-order valence-corrected chi connectivity index (χ4v) is 14.3. The van der Waals surface area contributed by atoms with Crippen LogP contribution in [-0.4, -0.2) is 111 Å². The number of nitrogens with zero attached hydrogens (tertiary/aromatic N) is 5. The van der Waals surface area contributed by atoms with E-state index in [9.17, 15) is 14.9 Å². The van der Waals surface area contributed by atoms with Crippen molar-refractivity contribution < 1.29 is 37.1 Å². The van der Waals surface area contributed by atoms with E-state index in [0.29, 0.717) is 55.4 Å². The van der Waals surface area contributed by atoms with E-state index in [1.807, 2.05) is 19.1 Å². The number of ether oxygens (including phenoxy) is 4. The third-order valence-electron chi connectivity index (χ3n) is 16.2. The van der Waals surface area contributed by atoms with Crippen molar-refractivity contribution in [2.45, 2.75) is 98.4 Å². The molecule has 1 spiro atoms. The molecular weight excluding hydrogens is 913 g/mol. The number of nitrogens with one attached hydrogen (secondary N) is 2. The van der Waals surface area contributed by atoms with Gasteiger partial charge in [0.25, 0.3) is 11.6 Å². The van der Waals surface area contributed by atoms with E-state index >= 15 is 8.42 Å². The zero-order chi connectivity index (χ0) is 47.9. The van der Waals surface area contributed by atoms with Crippen molar-refractivity contribution in [2.24, 2.45) is 17.1 Å². The van der Waals surface area contributed by atoms with E-state index in [0.717, 1.165) is 74.9 Å². The highest BCUT2D eigenvalue weighted by Crippen LogP contribution is 2.56. The van der Waals surface area contributed by atoms with Gasteiger partial charge < -0.3 is 44.8 Å². The van der Waals surface area contributed by atoms with E-state index in [1.165, 1.54) is 11.6 Å². The van der Waals surface area contributed by atoms with Crippen molar-refractivity contribution in [2.75, 3.05) is 67.8 Å². The fraction of sp³-hybridized carbons (Fsp3) is 0.462. The second-order valence-corrected chi connectivity index (χ2v) is 21.9. The Morgan fingerprint density at radius 2 is 1.79 bits per heavy atom. The smallest absolute Gasteiger partial charge is 0.297 e. The molecule has 1 amide bonds. The second-order valence-electron chi connectivity index (χ2n) is 20.0. The lowest BCUT2D eigenvalue weighted by molar-refractivity contribution is -0.384. The molecule has 3 aromatic carbocycles. The average Bonchev–Trinajstić information content (AvgIpc) is 4.16. The molecule has 12 rings (SSSR count). The Bertz CT molecular complexity index is 3090. The molecule has 0 bridgehead atoms. The predicted molar refractivity (Wildman–Crippen MR) is 262 cm³/mol. The van der Waals surface area contributed by atoms with Crippen LogP contribution in [0.5, 0.6) is 11.6 Å². The van der Waals surface area contributed by atoms with Crippen LogP contribution < -0.4 is 30.3 Å². The number of fused-ring (bicyclic) bond motifs is 4. The SMILES string of the molecule is CC#Cc1ccccc1[C@@H]1CCCN1C1CC2(CCN(c3ccc(C(N)=O)c(N4c5cc6cc[nH]c6nc5O[C@H]5COC[C@H]54)c3S(=O)(=O)c3cc4c(c([N+](=O)[O-])c3)N[C@H](C3CCOCC3)CO4)CC2)C1. The normalized spacial score (nSPS) is 24.4. The molecule has 7 aliphatic rings. The van der Waals surface area contributed by atoms with Crippen LogP contribution in [0.4, 0.5) is 28.4 Å². The Balaban J connectivity index is 0.943. The largest absolute Gasteiger partial charge is 0.489 e. The number of hydrogen-bond donors (Lipinski definition) is 3. The molecule has 1 aliphatic carbocycles. The molecule has 4 saturated heterocycles. The van der Waals surface area contributed by atoms with Gasteiger partial charge in [0.2, 0.25) is 15.7 Å². The number of piperidine rings is 1. The van der Waals surface area contributed by atoms with E-state index in [1.54, 1.807) is 23.2 Å². The van der Waals surface area contributed by atoms with Gasteiger partial charge in [-0.15, -0.1) is 5.92 Å². The molecule has 6 aliphatic heterocycles. The summed E-state index contributed by atoms with van der Waals surface area (Å²) in [6, 6.07) is 17.9. The number of H-pyrrole nitrogens is 1. The van der Waals surface area contributed by atoms with Crippen LogP contribution in [0.3, 0.4) is 0 Å². The Morgan fingerprint density at radius 1 is 0.971 bits per heavy atom. The standard InChI is InChI=1S/C52H56N8O9S/c1-2-6-31-7-3-4-8-36(31)39-9-5-18-58(39)34-26-52(27-34)15-19-57(20-16-52)40-11-10-37(49(53)61)47(59-42-23-33-12-17-54-50(33)56-51(42)69-45-30-67-29-43(45)59)48(40)70(64,65)35-24-41(60(62)63)46-44(25-35)68-28-38(55-46)32-13-21-66-22-14-32/h3-4,7-8,10-12,17,23-25,32,34,38-39,43,45,55H,5,9,13-16,18-22,26-30H2,1H3,(H2,53,61)(H,54,56)/t38-,39-,43+,45-/m0/s1. The summed E-state index contributed by atoms with van der Waals surface area (Å²) in [6.07, 6.45) is 8.71. The molecule has 0 radical (unpaired) electrons. The highest BCUT2D eigenvalue weighted by Gasteiger charge is 2.51. The minimum atomic E-state index is -4.77. The van der Waals surface area contributed by atoms with E-state index in [2.05, 4.69) is 56.2 Å². The van der Waals surface area contributed by atoms with Crippen LogP contribution in [0.2, 0.25) is 0 Å². The molecule has 5 aromatic rings. The zero-order valence-corrected chi connectivity index (χ0v) is 39.8. The molecule has 1 saturated carbocycles. The van der Waals surface area contributed by atoms with Crippen LogP contribution in [0.15, 0.2) is 76.7 Å². The first-order chi connectivity index (χ1) is 34.0. The number of nitro groups is 1. The Labute approximate surface area is 406 Å². The second kappa shape index (κ2) is 17.5. The monoisotopic (exact) mass is 968 g/mol. The van der Waals surface area contributed by atoms with Crippen molar-refractivity contribution in [3.63, 3.8) is 0 Å². The van der Waals surface area contributed by atoms with Crippen LogP contribution in [0, 0.1) is 33.3 Å². The van der Waals surface area contributed by atoms with Gasteiger partial charge in [-0.1, -0.05) is 24.1 Å². The van der Waals surface area contributed by atoms with Crippen molar-refractivity contribution in [1.29, 1.82) is 0 Å². The number of aromatic nitrogens is 2. The van der Waals surface area contributed by atoms with E-state index in [4.69, 9.17) is 29.7 Å². The maximum Gasteiger partial charge on any atom is 0.297 e. The quantitative estimate of drug-likeness (QED) is 0.0756. The summed E-state index contributed by atoms with van der Waals surface area (Å²) in [7, 11) is -4.77. The number of carbonyl (C=O) groups is 1. The lowest BCUT2D eigenvalue weighted by atomic mass is 9.59. The number of nitrogens with two attached hydrogens (primary N) is 1. The number of pyridine rings is 1. The molecule has 0 unspecified atom stereocenters. The van der Waals surface area contributed by atoms with Crippen LogP contribution in [0.25, 0.3) is 11.0 Å². The van der Waals surface area contributed by atoms with Gasteiger partial charge in [-0.05, 0) is 112 Å². The minimum absolute atomic E-state index is 0.0401. The Morgan fingerprint density at radius 3 is 2.57 bits per heavy atom.